The van der Waals surface area contributed by atoms with Crippen molar-refractivity contribution in [3.8, 4) is 5.75 Å². The molecule has 0 atom stereocenters. The van der Waals surface area contributed by atoms with Crippen LogP contribution in [0.25, 0.3) is 0 Å². The van der Waals surface area contributed by atoms with Crippen molar-refractivity contribution in [1.29, 1.82) is 0 Å². The molecule has 2 heterocycles. The number of rotatable bonds is 4. The van der Waals surface area contributed by atoms with Crippen molar-refractivity contribution in [1.82, 2.24) is 14.9 Å². The number of halogens is 6. The lowest BCUT2D eigenvalue weighted by atomic mass is 10.2. The van der Waals surface area contributed by atoms with Gasteiger partial charge in [-0.2, -0.15) is 13.2 Å². The summed E-state index contributed by atoms with van der Waals surface area (Å²) < 4.78 is 80.6. The minimum Gasteiger partial charge on any atom is -0.403 e. The summed E-state index contributed by atoms with van der Waals surface area (Å²) >= 11 is 0. The number of hydrogen-bond acceptors (Lipinski definition) is 6. The Morgan fingerprint density at radius 2 is 1.65 bits per heavy atom. The molecule has 1 N–H and O–H groups in total. The Hall–Kier alpha value is -3.25. The molecule has 0 bridgehead atoms. The van der Waals surface area contributed by atoms with Gasteiger partial charge in [0.05, 0.1) is 11.3 Å². The second-order valence-corrected chi connectivity index (χ2v) is 6.64. The summed E-state index contributed by atoms with van der Waals surface area (Å²) in [6, 6.07) is 3.97. The first-order valence-electron chi connectivity index (χ1n) is 8.99. The van der Waals surface area contributed by atoms with Crippen molar-refractivity contribution in [3.63, 3.8) is 0 Å². The smallest absolute Gasteiger partial charge is 0.403 e. The number of ether oxygens (including phenoxy) is 1. The Labute approximate surface area is 172 Å². The highest BCUT2D eigenvalue weighted by Crippen LogP contribution is 2.36. The number of nitrogens with zero attached hydrogens (tertiary/aromatic N) is 4. The molecule has 1 saturated heterocycles. The zero-order chi connectivity index (χ0) is 22.8. The average Bonchev–Trinajstić information content (AvgIpc) is 2.68. The molecule has 31 heavy (non-hydrogen) atoms. The van der Waals surface area contributed by atoms with E-state index in [1.165, 1.54) is 19.1 Å². The van der Waals surface area contributed by atoms with Gasteiger partial charge in [-0.05, 0) is 12.1 Å². The van der Waals surface area contributed by atoms with Crippen molar-refractivity contribution >= 4 is 23.2 Å². The van der Waals surface area contributed by atoms with Crippen LogP contribution in [0.1, 0.15) is 12.5 Å². The molecule has 2 aromatic rings. The normalized spacial score (nSPS) is 15.1. The van der Waals surface area contributed by atoms with E-state index < -0.39 is 23.9 Å². The number of amides is 1. The quantitative estimate of drug-likeness (QED) is 0.717. The first-order chi connectivity index (χ1) is 14.4. The fraction of sp³-hybridized carbons (Fsp3) is 0.389. The molecule has 1 amide bonds. The summed E-state index contributed by atoms with van der Waals surface area (Å²) in [5.41, 5.74) is -0.839. The van der Waals surface area contributed by atoms with Gasteiger partial charge in [0.1, 0.15) is 0 Å². The predicted octanol–water partition coefficient (Wildman–Crippen LogP) is 3.81. The summed E-state index contributed by atoms with van der Waals surface area (Å²) in [6.45, 7) is 3.11. The van der Waals surface area contributed by atoms with Gasteiger partial charge in [-0.25, -0.2) is 9.97 Å². The van der Waals surface area contributed by atoms with Crippen LogP contribution in [0.5, 0.6) is 5.75 Å². The van der Waals surface area contributed by atoms with Crippen LogP contribution >= 0.6 is 0 Å². The third kappa shape index (κ3) is 5.89. The Balaban J connectivity index is 1.82. The maximum absolute atomic E-state index is 12.9. The molecule has 0 radical (unpaired) electrons. The lowest BCUT2D eigenvalue weighted by molar-refractivity contribution is -0.274. The number of benzene rings is 1. The second-order valence-electron chi connectivity index (χ2n) is 6.64. The maximum atomic E-state index is 12.9. The minimum absolute atomic E-state index is 0.0863. The zero-order valence-electron chi connectivity index (χ0n) is 16.1. The number of hydrogen-bond donors (Lipinski definition) is 1. The lowest BCUT2D eigenvalue weighted by Gasteiger charge is -2.35. The number of carbonyl (C=O) groups excluding carboxylic acids is 1. The van der Waals surface area contributed by atoms with E-state index in [-0.39, 0.29) is 17.5 Å². The molecule has 1 aliphatic heterocycles. The topological polar surface area (TPSA) is 70.6 Å². The highest BCUT2D eigenvalue weighted by molar-refractivity contribution is 5.74. The first kappa shape index (κ1) is 22.4. The summed E-state index contributed by atoms with van der Waals surface area (Å²) in [4.78, 5) is 21.8. The van der Waals surface area contributed by atoms with Crippen molar-refractivity contribution in [3.05, 3.63) is 36.2 Å². The molecule has 0 spiro atoms. The number of piperazine rings is 1. The van der Waals surface area contributed by atoms with Crippen molar-refractivity contribution < 1.29 is 35.9 Å². The number of anilines is 3. The molecule has 1 aliphatic rings. The van der Waals surface area contributed by atoms with Gasteiger partial charge in [0.25, 0.3) is 0 Å². The third-order valence-electron chi connectivity index (χ3n) is 4.51. The van der Waals surface area contributed by atoms with Crippen molar-refractivity contribution in [2.45, 2.75) is 19.5 Å². The summed E-state index contributed by atoms with van der Waals surface area (Å²) in [5, 5.41) is 2.44. The number of aromatic nitrogens is 2. The van der Waals surface area contributed by atoms with E-state index in [9.17, 15) is 31.1 Å². The zero-order valence-corrected chi connectivity index (χ0v) is 16.1. The molecule has 1 fully saturated rings. The lowest BCUT2D eigenvalue weighted by Crippen LogP contribution is -2.48. The average molecular weight is 449 g/mol. The second kappa shape index (κ2) is 8.47. The molecule has 0 unspecified atom stereocenters. The molecule has 0 saturated carbocycles. The number of nitrogens with one attached hydrogen (secondary N) is 1. The SMILES string of the molecule is CC(=O)N1CCN(c2ccc(Nc3ncc(C(F)(F)F)cn3)c(OC(F)(F)F)c2)CC1. The molecule has 13 heteroatoms. The summed E-state index contributed by atoms with van der Waals surface area (Å²) in [7, 11) is 0. The van der Waals surface area contributed by atoms with E-state index in [1.807, 2.05) is 0 Å². The van der Waals surface area contributed by atoms with Crippen LogP contribution in [0, 0.1) is 0 Å². The van der Waals surface area contributed by atoms with Crippen molar-refractivity contribution in [2.75, 3.05) is 36.4 Å². The van der Waals surface area contributed by atoms with Crippen LogP contribution in [-0.2, 0) is 11.0 Å². The summed E-state index contributed by atoms with van der Waals surface area (Å²) in [5.74, 6) is -1.01. The summed E-state index contributed by atoms with van der Waals surface area (Å²) in [6.07, 6.45) is -8.61. The number of carbonyl (C=O) groups is 1. The Morgan fingerprint density at radius 3 is 2.16 bits per heavy atom. The van der Waals surface area contributed by atoms with Crippen LogP contribution in [0.15, 0.2) is 30.6 Å². The Kier molecular flexibility index (Phi) is 6.13. The minimum atomic E-state index is -5.00. The van der Waals surface area contributed by atoms with E-state index >= 15 is 0 Å². The van der Waals surface area contributed by atoms with Gasteiger partial charge >= 0.3 is 12.5 Å². The molecule has 1 aromatic heterocycles. The van der Waals surface area contributed by atoms with Gasteiger partial charge in [0.15, 0.2) is 5.75 Å². The van der Waals surface area contributed by atoms with Crippen LogP contribution in [-0.4, -0.2) is 53.3 Å². The van der Waals surface area contributed by atoms with Gasteiger partial charge in [-0.15, -0.1) is 13.2 Å². The standard InChI is InChI=1S/C18H17F6N5O2/c1-11(30)28-4-6-29(7-5-28)13-2-3-14(15(8-13)31-18(22,23)24)27-16-25-9-12(10-26-16)17(19,20)21/h2-3,8-10H,4-7H2,1H3,(H,25,26,27). The van der Waals surface area contributed by atoms with Crippen LogP contribution < -0.4 is 15.0 Å². The van der Waals surface area contributed by atoms with Gasteiger partial charge < -0.3 is 19.9 Å². The maximum Gasteiger partial charge on any atom is 0.573 e. The molecule has 7 nitrogen and oxygen atoms in total. The van der Waals surface area contributed by atoms with Crippen molar-refractivity contribution in [2.24, 2.45) is 0 Å². The molecular formula is C18H17F6N5O2. The monoisotopic (exact) mass is 449 g/mol. The fourth-order valence-electron chi connectivity index (χ4n) is 2.96. The highest BCUT2D eigenvalue weighted by Gasteiger charge is 2.33. The molecular weight excluding hydrogens is 432 g/mol. The molecule has 0 aliphatic carbocycles. The van der Waals surface area contributed by atoms with E-state index in [0.29, 0.717) is 44.3 Å². The Bertz CT molecular complexity index is 925. The van der Waals surface area contributed by atoms with E-state index in [4.69, 9.17) is 0 Å². The molecule has 3 rings (SSSR count). The van der Waals surface area contributed by atoms with Crippen LogP contribution in [0.2, 0.25) is 0 Å². The van der Waals surface area contributed by atoms with Gasteiger partial charge in [-0.1, -0.05) is 0 Å². The van der Waals surface area contributed by atoms with Gasteiger partial charge in [-0.3, -0.25) is 4.79 Å². The highest BCUT2D eigenvalue weighted by atomic mass is 19.4. The molecule has 168 valence electrons. The largest absolute Gasteiger partial charge is 0.573 e. The van der Waals surface area contributed by atoms with Gasteiger partial charge in [0, 0.05) is 57.3 Å². The Morgan fingerprint density at radius 1 is 1.03 bits per heavy atom. The van der Waals surface area contributed by atoms with E-state index in [2.05, 4.69) is 20.0 Å². The van der Waals surface area contributed by atoms with Gasteiger partial charge in [0.2, 0.25) is 11.9 Å². The fourth-order valence-corrected chi connectivity index (χ4v) is 2.96. The number of alkyl halides is 6. The predicted molar refractivity (Wildman–Crippen MR) is 97.9 cm³/mol. The van der Waals surface area contributed by atoms with Crippen LogP contribution in [0.4, 0.5) is 43.7 Å². The van der Waals surface area contributed by atoms with E-state index in [1.54, 1.807) is 9.80 Å². The van der Waals surface area contributed by atoms with Crippen LogP contribution in [0.3, 0.4) is 0 Å². The van der Waals surface area contributed by atoms with E-state index in [0.717, 1.165) is 6.07 Å². The third-order valence-corrected chi connectivity index (χ3v) is 4.51. The molecule has 1 aromatic carbocycles. The first-order valence-corrected chi connectivity index (χ1v) is 8.99.